The summed E-state index contributed by atoms with van der Waals surface area (Å²) in [6.07, 6.45) is 0. The molecule has 2 rings (SSSR count). The van der Waals surface area contributed by atoms with E-state index in [-0.39, 0.29) is 11.8 Å². The van der Waals surface area contributed by atoms with E-state index in [0.717, 1.165) is 23.6 Å². The molecule has 0 aliphatic heterocycles. The molecule has 0 radical (unpaired) electrons. The molecule has 3 N–H and O–H groups in total. The molecule has 1 unspecified atom stereocenters. The Hall–Kier alpha value is -3.09. The van der Waals surface area contributed by atoms with Gasteiger partial charge in [0.2, 0.25) is 0 Å². The number of rotatable bonds is 10. The second kappa shape index (κ2) is 11.8. The van der Waals surface area contributed by atoms with Gasteiger partial charge < -0.3 is 30.0 Å². The number of phenols is 1. The lowest BCUT2D eigenvalue weighted by Crippen LogP contribution is -2.38. The highest BCUT2D eigenvalue weighted by Crippen LogP contribution is 2.30. The maximum atomic E-state index is 10.1. The van der Waals surface area contributed by atoms with Gasteiger partial charge in [0.25, 0.3) is 0 Å². The van der Waals surface area contributed by atoms with Crippen LogP contribution in [-0.2, 0) is 6.54 Å². The zero-order valence-electron chi connectivity index (χ0n) is 18.5. The molecular weight excluding hydrogens is 382 g/mol. The molecule has 0 aliphatic rings. The number of hydrogen-bond acceptors (Lipinski definition) is 5. The zero-order chi connectivity index (χ0) is 21.9. The van der Waals surface area contributed by atoms with Crippen molar-refractivity contribution in [3.8, 4) is 23.0 Å². The summed E-state index contributed by atoms with van der Waals surface area (Å²) in [5.74, 6) is 3.00. The van der Waals surface area contributed by atoms with Crippen molar-refractivity contribution < 1.29 is 19.3 Å². The van der Waals surface area contributed by atoms with Gasteiger partial charge in [-0.15, -0.1) is 0 Å². The molecule has 0 amide bonds. The summed E-state index contributed by atoms with van der Waals surface area (Å²) in [6, 6.07) is 11.0. The summed E-state index contributed by atoms with van der Waals surface area (Å²) in [4.78, 5) is 4.61. The smallest absolute Gasteiger partial charge is 0.192 e. The van der Waals surface area contributed by atoms with Gasteiger partial charge in [0.15, 0.2) is 17.5 Å². The van der Waals surface area contributed by atoms with Gasteiger partial charge >= 0.3 is 0 Å². The van der Waals surface area contributed by atoms with Gasteiger partial charge in [0.05, 0.1) is 32.9 Å². The van der Waals surface area contributed by atoms with Crippen molar-refractivity contribution >= 4 is 5.96 Å². The highest BCUT2D eigenvalue weighted by atomic mass is 16.5. The lowest BCUT2D eigenvalue weighted by molar-refractivity contribution is 0.287. The second-order valence-corrected chi connectivity index (χ2v) is 6.63. The molecule has 7 nitrogen and oxygen atoms in total. The van der Waals surface area contributed by atoms with Crippen LogP contribution in [0, 0.1) is 0 Å². The maximum Gasteiger partial charge on any atom is 0.192 e. The molecule has 0 aliphatic carbocycles. The zero-order valence-corrected chi connectivity index (χ0v) is 18.5. The highest BCUT2D eigenvalue weighted by molar-refractivity contribution is 5.80. The Balaban J connectivity index is 2.17. The average Bonchev–Trinajstić information content (AvgIpc) is 2.74. The van der Waals surface area contributed by atoms with E-state index in [1.54, 1.807) is 25.3 Å². The molecule has 2 aromatic carbocycles. The number of nitrogens with zero attached hydrogens (tertiary/aromatic N) is 1. The van der Waals surface area contributed by atoms with Crippen LogP contribution in [0.2, 0.25) is 0 Å². The van der Waals surface area contributed by atoms with Crippen LogP contribution in [0.4, 0.5) is 0 Å². The van der Waals surface area contributed by atoms with Crippen molar-refractivity contribution in [1.29, 1.82) is 0 Å². The maximum absolute atomic E-state index is 10.1. The average molecular weight is 416 g/mol. The summed E-state index contributed by atoms with van der Waals surface area (Å²) < 4.78 is 16.6. The first-order valence-electron chi connectivity index (χ1n) is 10.3. The van der Waals surface area contributed by atoms with Crippen molar-refractivity contribution in [3.05, 3.63) is 47.5 Å². The van der Waals surface area contributed by atoms with Crippen LogP contribution >= 0.6 is 0 Å². The number of ether oxygens (including phenoxy) is 3. The Bertz CT molecular complexity index is 839. The molecule has 0 bridgehead atoms. The SMILES string of the molecule is CCNC(=NCc1cc(OC)ccc1O)NC(C)c1ccc(OCC)c(OCC)c1. The molecule has 7 heteroatoms. The first-order chi connectivity index (χ1) is 14.5. The lowest BCUT2D eigenvalue weighted by atomic mass is 10.1. The molecule has 0 aromatic heterocycles. The van der Waals surface area contributed by atoms with Crippen LogP contribution in [0.1, 0.15) is 44.9 Å². The summed E-state index contributed by atoms with van der Waals surface area (Å²) in [6.45, 7) is 10.2. The Morgan fingerprint density at radius 3 is 2.43 bits per heavy atom. The molecule has 2 aromatic rings. The van der Waals surface area contributed by atoms with Crippen LogP contribution in [0.5, 0.6) is 23.0 Å². The van der Waals surface area contributed by atoms with Gasteiger partial charge in [-0.3, -0.25) is 0 Å². The third kappa shape index (κ3) is 6.47. The van der Waals surface area contributed by atoms with E-state index in [1.165, 1.54) is 0 Å². The first-order valence-corrected chi connectivity index (χ1v) is 10.3. The number of benzene rings is 2. The topological polar surface area (TPSA) is 84.3 Å². The minimum absolute atomic E-state index is 0.0170. The second-order valence-electron chi connectivity index (χ2n) is 6.63. The molecule has 0 fully saturated rings. The number of guanidine groups is 1. The Morgan fingerprint density at radius 1 is 1.03 bits per heavy atom. The van der Waals surface area contributed by atoms with Crippen LogP contribution in [0.15, 0.2) is 41.4 Å². The van der Waals surface area contributed by atoms with Crippen LogP contribution in [-0.4, -0.2) is 37.9 Å². The summed E-state index contributed by atoms with van der Waals surface area (Å²) in [5.41, 5.74) is 1.75. The van der Waals surface area contributed by atoms with E-state index in [9.17, 15) is 5.11 Å². The molecule has 0 saturated heterocycles. The normalized spacial score (nSPS) is 12.2. The Kier molecular flexibility index (Phi) is 9.12. The summed E-state index contributed by atoms with van der Waals surface area (Å²) in [7, 11) is 1.60. The summed E-state index contributed by atoms with van der Waals surface area (Å²) >= 11 is 0. The number of hydrogen-bond donors (Lipinski definition) is 3. The van der Waals surface area contributed by atoms with E-state index in [1.807, 2.05) is 39.0 Å². The third-order valence-corrected chi connectivity index (χ3v) is 4.46. The van der Waals surface area contributed by atoms with Crippen LogP contribution < -0.4 is 24.8 Å². The summed E-state index contributed by atoms with van der Waals surface area (Å²) in [5, 5.41) is 16.7. The van der Waals surface area contributed by atoms with Gasteiger partial charge in [-0.05, 0) is 63.6 Å². The molecule has 0 spiro atoms. The van der Waals surface area contributed by atoms with E-state index >= 15 is 0 Å². The van der Waals surface area contributed by atoms with Crippen LogP contribution in [0.25, 0.3) is 0 Å². The lowest BCUT2D eigenvalue weighted by Gasteiger charge is -2.20. The quantitative estimate of drug-likeness (QED) is 0.402. The predicted octanol–water partition coefficient (Wildman–Crippen LogP) is 4.01. The largest absolute Gasteiger partial charge is 0.508 e. The van der Waals surface area contributed by atoms with E-state index in [4.69, 9.17) is 14.2 Å². The third-order valence-electron chi connectivity index (χ3n) is 4.46. The van der Waals surface area contributed by atoms with Crippen molar-refractivity contribution in [1.82, 2.24) is 10.6 Å². The fourth-order valence-corrected chi connectivity index (χ4v) is 2.93. The number of phenolic OH excluding ortho intramolecular Hbond substituents is 1. The molecular formula is C23H33N3O4. The van der Waals surface area contributed by atoms with Gasteiger partial charge in [0.1, 0.15) is 11.5 Å². The highest BCUT2D eigenvalue weighted by Gasteiger charge is 2.13. The number of nitrogens with one attached hydrogen (secondary N) is 2. The minimum Gasteiger partial charge on any atom is -0.508 e. The fraction of sp³-hybridized carbons (Fsp3) is 0.435. The van der Waals surface area contributed by atoms with Gasteiger partial charge in [-0.1, -0.05) is 6.07 Å². The van der Waals surface area contributed by atoms with Crippen molar-refractivity contribution in [2.75, 3.05) is 26.9 Å². The number of aliphatic imine (C=N–C) groups is 1. The first kappa shape index (κ1) is 23.2. The standard InChI is InChI=1S/C23H33N3O4/c1-6-24-23(25-15-18-13-19(28-5)10-11-20(18)27)26-16(4)17-9-12-21(29-7-2)22(14-17)30-8-3/h9-14,16,27H,6-8,15H2,1-5H3,(H2,24,25,26). The van der Waals surface area contributed by atoms with Crippen molar-refractivity contribution in [3.63, 3.8) is 0 Å². The molecule has 0 heterocycles. The number of aromatic hydroxyl groups is 1. The Labute approximate surface area is 179 Å². The number of methoxy groups -OCH3 is 1. The van der Waals surface area contributed by atoms with Gasteiger partial charge in [0, 0.05) is 12.1 Å². The molecule has 30 heavy (non-hydrogen) atoms. The molecule has 164 valence electrons. The molecule has 0 saturated carbocycles. The molecule has 1 atom stereocenters. The van der Waals surface area contributed by atoms with Gasteiger partial charge in [-0.25, -0.2) is 4.99 Å². The monoisotopic (exact) mass is 415 g/mol. The van der Waals surface area contributed by atoms with E-state index in [0.29, 0.717) is 37.0 Å². The van der Waals surface area contributed by atoms with Gasteiger partial charge in [-0.2, -0.15) is 0 Å². The van der Waals surface area contributed by atoms with Crippen LogP contribution in [0.3, 0.4) is 0 Å². The van der Waals surface area contributed by atoms with Crippen molar-refractivity contribution in [2.24, 2.45) is 4.99 Å². The Morgan fingerprint density at radius 2 is 1.77 bits per heavy atom. The fourth-order valence-electron chi connectivity index (χ4n) is 2.93. The van der Waals surface area contributed by atoms with E-state index < -0.39 is 0 Å². The predicted molar refractivity (Wildman–Crippen MR) is 120 cm³/mol. The van der Waals surface area contributed by atoms with Crippen molar-refractivity contribution in [2.45, 2.75) is 40.3 Å². The van der Waals surface area contributed by atoms with E-state index in [2.05, 4.69) is 22.5 Å². The minimum atomic E-state index is -0.0170.